The maximum absolute atomic E-state index is 12.8. The van der Waals surface area contributed by atoms with Gasteiger partial charge in [-0.05, 0) is 55.7 Å². The molecule has 3 aromatic carbocycles. The fourth-order valence-corrected chi connectivity index (χ4v) is 5.20. The average Bonchev–Trinajstić information content (AvgIpc) is 3.27. The van der Waals surface area contributed by atoms with Crippen molar-refractivity contribution in [3.63, 3.8) is 0 Å². The number of hydrogen-bond acceptors (Lipinski definition) is 5. The largest absolute Gasteiger partial charge is 0.325 e. The second-order valence-corrected chi connectivity index (χ2v) is 9.96. The van der Waals surface area contributed by atoms with Crippen LogP contribution in [0, 0.1) is 13.8 Å². The van der Waals surface area contributed by atoms with Gasteiger partial charge in [0.1, 0.15) is 5.82 Å². The number of carbonyl (C=O) groups is 1. The average molecular weight is 489 g/mol. The van der Waals surface area contributed by atoms with Gasteiger partial charge in [-0.25, -0.2) is 0 Å². The summed E-state index contributed by atoms with van der Waals surface area (Å²) in [4.78, 5) is 14.0. The van der Waals surface area contributed by atoms with Gasteiger partial charge in [0.05, 0.1) is 11.5 Å². The Balaban J connectivity index is 1.50. The standard InChI is InChI=1S/C27H28N4OS2/c1-4-21-10-8-9-20(3)26(21)28-25(32)18-34-27-30-29-24(31(27)22-11-6-5-7-12-22)17-33-23-15-13-19(2)14-16-23/h5-16H,4,17-18H2,1-3H3,(H,28,32). The Morgan fingerprint density at radius 3 is 2.41 bits per heavy atom. The first-order valence-electron chi connectivity index (χ1n) is 11.3. The van der Waals surface area contributed by atoms with Crippen molar-refractivity contribution in [3.05, 3.63) is 95.3 Å². The summed E-state index contributed by atoms with van der Waals surface area (Å²) < 4.78 is 2.05. The molecule has 1 aromatic heterocycles. The van der Waals surface area contributed by atoms with Crippen LogP contribution < -0.4 is 5.32 Å². The third kappa shape index (κ3) is 5.90. The minimum Gasteiger partial charge on any atom is -0.325 e. The molecule has 1 heterocycles. The first-order chi connectivity index (χ1) is 16.5. The Kier molecular flexibility index (Phi) is 8.08. The molecule has 4 aromatic rings. The smallest absolute Gasteiger partial charge is 0.234 e. The first-order valence-corrected chi connectivity index (χ1v) is 13.2. The Morgan fingerprint density at radius 2 is 1.68 bits per heavy atom. The summed E-state index contributed by atoms with van der Waals surface area (Å²) in [5.74, 6) is 1.74. The molecule has 0 fully saturated rings. The van der Waals surface area contributed by atoms with Crippen molar-refractivity contribution in [1.82, 2.24) is 14.8 Å². The van der Waals surface area contributed by atoms with Crippen LogP contribution in [0.4, 0.5) is 5.69 Å². The molecule has 0 aliphatic rings. The van der Waals surface area contributed by atoms with Gasteiger partial charge in [0.15, 0.2) is 5.16 Å². The van der Waals surface area contributed by atoms with E-state index in [-0.39, 0.29) is 11.7 Å². The molecule has 7 heteroatoms. The zero-order chi connectivity index (χ0) is 23.9. The van der Waals surface area contributed by atoms with Crippen LogP contribution in [0.15, 0.2) is 82.8 Å². The van der Waals surface area contributed by atoms with E-state index in [0.29, 0.717) is 10.9 Å². The van der Waals surface area contributed by atoms with Gasteiger partial charge in [-0.2, -0.15) is 0 Å². The normalized spacial score (nSPS) is 10.9. The van der Waals surface area contributed by atoms with Gasteiger partial charge in [-0.3, -0.25) is 9.36 Å². The van der Waals surface area contributed by atoms with Gasteiger partial charge in [-0.1, -0.05) is 72.8 Å². The van der Waals surface area contributed by atoms with Crippen LogP contribution in [0.25, 0.3) is 5.69 Å². The van der Waals surface area contributed by atoms with E-state index < -0.39 is 0 Å². The number of nitrogens with one attached hydrogen (secondary N) is 1. The molecule has 0 radical (unpaired) electrons. The van der Waals surface area contributed by atoms with Crippen LogP contribution in [0.5, 0.6) is 0 Å². The number of anilines is 1. The summed E-state index contributed by atoms with van der Waals surface area (Å²) >= 11 is 3.13. The highest BCUT2D eigenvalue weighted by atomic mass is 32.2. The van der Waals surface area contributed by atoms with E-state index in [1.807, 2.05) is 54.0 Å². The lowest BCUT2D eigenvalue weighted by Crippen LogP contribution is -2.16. The van der Waals surface area contributed by atoms with Crippen molar-refractivity contribution in [2.24, 2.45) is 0 Å². The number of aryl methyl sites for hydroxylation is 3. The van der Waals surface area contributed by atoms with E-state index in [1.165, 1.54) is 22.2 Å². The van der Waals surface area contributed by atoms with Crippen molar-refractivity contribution in [2.75, 3.05) is 11.1 Å². The SMILES string of the molecule is CCc1cccc(C)c1NC(=O)CSc1nnc(CSc2ccc(C)cc2)n1-c1ccccc1. The van der Waals surface area contributed by atoms with Crippen LogP contribution >= 0.6 is 23.5 Å². The lowest BCUT2D eigenvalue weighted by Gasteiger charge is -2.13. The van der Waals surface area contributed by atoms with Crippen molar-refractivity contribution >= 4 is 35.1 Å². The van der Waals surface area contributed by atoms with Gasteiger partial charge in [-0.15, -0.1) is 22.0 Å². The molecule has 1 amide bonds. The van der Waals surface area contributed by atoms with Gasteiger partial charge in [0.2, 0.25) is 5.91 Å². The molecule has 0 spiro atoms. The molecular formula is C27H28N4OS2. The molecule has 0 unspecified atom stereocenters. The summed E-state index contributed by atoms with van der Waals surface area (Å²) in [5, 5.41) is 12.7. The molecule has 0 aliphatic carbocycles. The van der Waals surface area contributed by atoms with E-state index in [4.69, 9.17) is 0 Å². The van der Waals surface area contributed by atoms with E-state index >= 15 is 0 Å². The number of nitrogens with zero attached hydrogens (tertiary/aromatic N) is 3. The Labute approximate surface area is 209 Å². The predicted octanol–water partition coefficient (Wildman–Crippen LogP) is 6.47. The zero-order valence-electron chi connectivity index (χ0n) is 19.6. The first kappa shape index (κ1) is 24.1. The molecule has 0 saturated carbocycles. The topological polar surface area (TPSA) is 59.8 Å². The zero-order valence-corrected chi connectivity index (χ0v) is 21.2. The summed E-state index contributed by atoms with van der Waals surface area (Å²) in [6, 6.07) is 24.6. The molecule has 1 N–H and O–H groups in total. The monoisotopic (exact) mass is 488 g/mol. The molecule has 174 valence electrons. The number of para-hydroxylation sites is 2. The van der Waals surface area contributed by atoms with Gasteiger partial charge < -0.3 is 5.32 Å². The summed E-state index contributed by atoms with van der Waals surface area (Å²) in [6.45, 7) is 6.20. The summed E-state index contributed by atoms with van der Waals surface area (Å²) in [6.07, 6.45) is 0.870. The molecule has 5 nitrogen and oxygen atoms in total. The number of benzene rings is 3. The van der Waals surface area contributed by atoms with E-state index in [0.717, 1.165) is 34.7 Å². The van der Waals surface area contributed by atoms with Crippen LogP contribution in [-0.2, 0) is 17.0 Å². The Hall–Kier alpha value is -3.03. The number of aromatic nitrogens is 3. The van der Waals surface area contributed by atoms with Crippen molar-refractivity contribution < 1.29 is 4.79 Å². The van der Waals surface area contributed by atoms with Crippen molar-refractivity contribution in [2.45, 2.75) is 43.0 Å². The Morgan fingerprint density at radius 1 is 0.912 bits per heavy atom. The lowest BCUT2D eigenvalue weighted by molar-refractivity contribution is -0.113. The minimum atomic E-state index is -0.0489. The number of rotatable bonds is 9. The van der Waals surface area contributed by atoms with Crippen LogP contribution in [0.3, 0.4) is 0 Å². The van der Waals surface area contributed by atoms with Crippen LogP contribution in [0.2, 0.25) is 0 Å². The van der Waals surface area contributed by atoms with Crippen molar-refractivity contribution in [3.8, 4) is 5.69 Å². The van der Waals surface area contributed by atoms with Crippen LogP contribution in [-0.4, -0.2) is 26.4 Å². The molecular weight excluding hydrogens is 460 g/mol. The van der Waals surface area contributed by atoms with E-state index in [2.05, 4.69) is 59.7 Å². The molecule has 0 bridgehead atoms. The highest BCUT2D eigenvalue weighted by molar-refractivity contribution is 7.99. The number of amides is 1. The highest BCUT2D eigenvalue weighted by Crippen LogP contribution is 2.28. The summed E-state index contributed by atoms with van der Waals surface area (Å²) in [5.41, 5.74) is 5.35. The maximum Gasteiger partial charge on any atom is 0.234 e. The molecule has 0 aliphatic heterocycles. The maximum atomic E-state index is 12.8. The van der Waals surface area contributed by atoms with Gasteiger partial charge in [0, 0.05) is 16.3 Å². The van der Waals surface area contributed by atoms with E-state index in [9.17, 15) is 4.79 Å². The third-order valence-corrected chi connectivity index (χ3v) is 7.38. The number of carbonyl (C=O) groups excluding carboxylic acids is 1. The van der Waals surface area contributed by atoms with Gasteiger partial charge in [0.25, 0.3) is 0 Å². The molecule has 4 rings (SSSR count). The molecule has 34 heavy (non-hydrogen) atoms. The van der Waals surface area contributed by atoms with Crippen molar-refractivity contribution in [1.29, 1.82) is 0 Å². The second kappa shape index (κ2) is 11.4. The predicted molar refractivity (Wildman–Crippen MR) is 142 cm³/mol. The summed E-state index contributed by atoms with van der Waals surface area (Å²) in [7, 11) is 0. The fraction of sp³-hybridized carbons (Fsp3) is 0.222. The fourth-order valence-electron chi connectivity index (χ4n) is 3.61. The third-order valence-electron chi connectivity index (χ3n) is 5.44. The highest BCUT2D eigenvalue weighted by Gasteiger charge is 2.17. The minimum absolute atomic E-state index is 0.0489. The number of thioether (sulfide) groups is 2. The number of hydrogen-bond donors (Lipinski definition) is 1. The second-order valence-electron chi connectivity index (χ2n) is 7.97. The van der Waals surface area contributed by atoms with Gasteiger partial charge >= 0.3 is 0 Å². The van der Waals surface area contributed by atoms with E-state index in [1.54, 1.807) is 11.8 Å². The molecule has 0 atom stereocenters. The Bertz CT molecular complexity index is 1250. The quantitative estimate of drug-likeness (QED) is 0.274. The molecule has 0 saturated heterocycles. The lowest BCUT2D eigenvalue weighted by atomic mass is 10.1. The van der Waals surface area contributed by atoms with Crippen LogP contribution in [0.1, 0.15) is 29.4 Å².